The molecule has 1 aromatic carbocycles. The van der Waals surface area contributed by atoms with Gasteiger partial charge in [-0.05, 0) is 42.5 Å². The van der Waals surface area contributed by atoms with Crippen LogP contribution in [0.25, 0.3) is 0 Å². The summed E-state index contributed by atoms with van der Waals surface area (Å²) < 4.78 is 22.9. The standard InChI is InChI=1S/C21H23FO6/c22-17-9-11-20(12-10-17)28-15-19(24)8-6-4-2-1-3-5-7-18(23)13-14-27-16-21(25)26/h1,3,5-12,18-19,23-24H,13-16H2,(H,25,26)/b3-1+,7-5+,8-6+. The Morgan fingerprint density at radius 3 is 2.50 bits per heavy atom. The molecule has 28 heavy (non-hydrogen) atoms. The summed E-state index contributed by atoms with van der Waals surface area (Å²) in [4.78, 5) is 10.2. The van der Waals surface area contributed by atoms with Crippen molar-refractivity contribution in [2.75, 3.05) is 19.8 Å². The molecule has 0 fully saturated rings. The molecule has 0 radical (unpaired) electrons. The van der Waals surface area contributed by atoms with Crippen LogP contribution in [-0.4, -0.2) is 53.3 Å². The van der Waals surface area contributed by atoms with Gasteiger partial charge in [0.25, 0.3) is 0 Å². The van der Waals surface area contributed by atoms with E-state index in [-0.39, 0.29) is 25.6 Å². The van der Waals surface area contributed by atoms with Gasteiger partial charge in [0.1, 0.15) is 30.9 Å². The summed E-state index contributed by atoms with van der Waals surface area (Å²) in [5.41, 5.74) is 0. The van der Waals surface area contributed by atoms with Crippen molar-refractivity contribution in [3.8, 4) is 17.6 Å². The van der Waals surface area contributed by atoms with Crippen molar-refractivity contribution < 1.29 is 34.0 Å². The van der Waals surface area contributed by atoms with Crippen LogP contribution in [0.2, 0.25) is 0 Å². The van der Waals surface area contributed by atoms with Gasteiger partial charge in [-0.2, -0.15) is 0 Å². The fourth-order valence-corrected chi connectivity index (χ4v) is 1.78. The van der Waals surface area contributed by atoms with Crippen LogP contribution in [-0.2, 0) is 9.53 Å². The SMILES string of the molecule is O=C(O)COCCC(O)/C=C/C=C/C#C/C=C/C(O)COc1ccc(F)cc1. The lowest BCUT2D eigenvalue weighted by Gasteiger charge is -2.08. The number of hydrogen-bond acceptors (Lipinski definition) is 5. The van der Waals surface area contributed by atoms with E-state index in [0.717, 1.165) is 0 Å². The Labute approximate surface area is 163 Å². The first-order valence-electron chi connectivity index (χ1n) is 8.52. The summed E-state index contributed by atoms with van der Waals surface area (Å²) in [6, 6.07) is 5.50. The maximum Gasteiger partial charge on any atom is 0.329 e. The molecule has 0 saturated heterocycles. The minimum atomic E-state index is -1.05. The molecule has 0 spiro atoms. The third-order valence-corrected chi connectivity index (χ3v) is 3.13. The normalized spacial score (nSPS) is 13.5. The minimum Gasteiger partial charge on any atom is -0.491 e. The summed E-state index contributed by atoms with van der Waals surface area (Å²) in [5, 5.41) is 27.7. The number of rotatable bonds is 11. The molecule has 0 aromatic heterocycles. The Morgan fingerprint density at radius 1 is 1.07 bits per heavy atom. The molecule has 2 atom stereocenters. The number of aliphatic hydroxyl groups is 2. The second kappa shape index (κ2) is 14.2. The summed E-state index contributed by atoms with van der Waals surface area (Å²) in [6.07, 6.45) is 8.03. The van der Waals surface area contributed by atoms with Crippen molar-refractivity contribution in [1.82, 2.24) is 0 Å². The van der Waals surface area contributed by atoms with Gasteiger partial charge in [-0.3, -0.25) is 0 Å². The zero-order valence-electron chi connectivity index (χ0n) is 15.2. The van der Waals surface area contributed by atoms with Gasteiger partial charge in [0.15, 0.2) is 0 Å². The fourth-order valence-electron chi connectivity index (χ4n) is 1.78. The van der Waals surface area contributed by atoms with Gasteiger partial charge >= 0.3 is 5.97 Å². The molecule has 2 unspecified atom stereocenters. The molecule has 3 N–H and O–H groups in total. The number of hydrogen-bond donors (Lipinski definition) is 3. The van der Waals surface area contributed by atoms with Gasteiger partial charge in [0.05, 0.1) is 12.7 Å². The molecular weight excluding hydrogens is 367 g/mol. The molecule has 0 aliphatic carbocycles. The van der Waals surface area contributed by atoms with E-state index in [1.807, 2.05) is 0 Å². The van der Waals surface area contributed by atoms with Gasteiger partial charge in [-0.1, -0.05) is 30.1 Å². The van der Waals surface area contributed by atoms with Crippen molar-refractivity contribution in [1.29, 1.82) is 0 Å². The van der Waals surface area contributed by atoms with E-state index in [9.17, 15) is 19.4 Å². The molecule has 6 nitrogen and oxygen atoms in total. The predicted molar refractivity (Wildman–Crippen MR) is 102 cm³/mol. The van der Waals surface area contributed by atoms with Crippen LogP contribution in [0.1, 0.15) is 6.42 Å². The van der Waals surface area contributed by atoms with Crippen LogP contribution in [0.15, 0.2) is 60.7 Å². The van der Waals surface area contributed by atoms with Crippen LogP contribution in [0.4, 0.5) is 4.39 Å². The minimum absolute atomic E-state index is 0.0243. The lowest BCUT2D eigenvalue weighted by Crippen LogP contribution is -2.14. The molecule has 0 amide bonds. The number of aliphatic hydroxyl groups excluding tert-OH is 2. The first-order valence-corrected chi connectivity index (χ1v) is 8.52. The average Bonchev–Trinajstić information content (AvgIpc) is 2.66. The number of carboxylic acid groups (broad SMARTS) is 1. The Balaban J connectivity index is 2.20. The fraction of sp³-hybridized carbons (Fsp3) is 0.286. The molecule has 1 aromatic rings. The van der Waals surface area contributed by atoms with Crippen LogP contribution in [0.3, 0.4) is 0 Å². The molecule has 0 heterocycles. The molecule has 0 aliphatic heterocycles. The first kappa shape index (κ1) is 23.1. The molecule has 0 saturated carbocycles. The quantitative estimate of drug-likeness (QED) is 0.304. The number of ether oxygens (including phenoxy) is 2. The van der Waals surface area contributed by atoms with Crippen molar-refractivity contribution >= 4 is 5.97 Å². The summed E-state index contributed by atoms with van der Waals surface area (Å²) in [5.74, 6) is 4.49. The summed E-state index contributed by atoms with van der Waals surface area (Å²) in [7, 11) is 0. The van der Waals surface area contributed by atoms with E-state index in [1.54, 1.807) is 18.2 Å². The maximum absolute atomic E-state index is 12.8. The van der Waals surface area contributed by atoms with Crippen molar-refractivity contribution in [3.05, 3.63) is 66.5 Å². The highest BCUT2D eigenvalue weighted by atomic mass is 19.1. The van der Waals surface area contributed by atoms with E-state index in [2.05, 4.69) is 11.8 Å². The molecular formula is C21H23FO6. The lowest BCUT2D eigenvalue weighted by atomic mass is 10.2. The van der Waals surface area contributed by atoms with E-state index < -0.39 is 18.2 Å². The third-order valence-electron chi connectivity index (χ3n) is 3.13. The monoisotopic (exact) mass is 390 g/mol. The van der Waals surface area contributed by atoms with E-state index >= 15 is 0 Å². The smallest absolute Gasteiger partial charge is 0.329 e. The van der Waals surface area contributed by atoms with Gasteiger partial charge in [0, 0.05) is 6.42 Å². The van der Waals surface area contributed by atoms with Gasteiger partial charge < -0.3 is 24.8 Å². The molecule has 0 aliphatic rings. The van der Waals surface area contributed by atoms with E-state index in [0.29, 0.717) is 12.2 Å². The number of carbonyl (C=O) groups is 1. The van der Waals surface area contributed by atoms with Crippen molar-refractivity contribution in [2.45, 2.75) is 18.6 Å². The lowest BCUT2D eigenvalue weighted by molar-refractivity contribution is -0.142. The van der Waals surface area contributed by atoms with Crippen LogP contribution in [0.5, 0.6) is 5.75 Å². The summed E-state index contributed by atoms with van der Waals surface area (Å²) >= 11 is 0. The van der Waals surface area contributed by atoms with Crippen molar-refractivity contribution in [3.63, 3.8) is 0 Å². The average molecular weight is 390 g/mol. The van der Waals surface area contributed by atoms with Crippen molar-refractivity contribution in [2.24, 2.45) is 0 Å². The number of benzene rings is 1. The van der Waals surface area contributed by atoms with Gasteiger partial charge in [-0.25, -0.2) is 9.18 Å². The topological polar surface area (TPSA) is 96.2 Å². The second-order valence-electron chi connectivity index (χ2n) is 5.53. The maximum atomic E-state index is 12.8. The number of halogens is 1. The Morgan fingerprint density at radius 2 is 1.79 bits per heavy atom. The number of allylic oxidation sites excluding steroid dienone is 4. The molecule has 7 heteroatoms. The van der Waals surface area contributed by atoms with Gasteiger partial charge in [0.2, 0.25) is 0 Å². The Hall–Kier alpha value is -2.92. The van der Waals surface area contributed by atoms with E-state index in [1.165, 1.54) is 42.5 Å². The van der Waals surface area contributed by atoms with Crippen LogP contribution >= 0.6 is 0 Å². The Bertz CT molecular complexity index is 728. The zero-order valence-corrected chi connectivity index (χ0v) is 15.2. The Kier molecular flexibility index (Phi) is 11.7. The number of carboxylic acids is 1. The van der Waals surface area contributed by atoms with Crippen LogP contribution < -0.4 is 4.74 Å². The van der Waals surface area contributed by atoms with E-state index in [4.69, 9.17) is 14.6 Å². The summed E-state index contributed by atoms with van der Waals surface area (Å²) in [6.45, 7) is -0.206. The third kappa shape index (κ3) is 12.4. The zero-order chi connectivity index (χ0) is 20.6. The molecule has 150 valence electrons. The molecule has 1 rings (SSSR count). The van der Waals surface area contributed by atoms with Crippen LogP contribution in [0, 0.1) is 17.7 Å². The van der Waals surface area contributed by atoms with Gasteiger partial charge in [-0.15, -0.1) is 0 Å². The molecule has 0 bridgehead atoms. The second-order valence-corrected chi connectivity index (χ2v) is 5.53. The number of aliphatic carboxylic acids is 1. The predicted octanol–water partition coefficient (Wildman–Crippen LogP) is 2.09. The first-order chi connectivity index (χ1) is 13.5. The highest BCUT2D eigenvalue weighted by Crippen LogP contribution is 2.11. The highest BCUT2D eigenvalue weighted by molar-refractivity contribution is 5.67. The highest BCUT2D eigenvalue weighted by Gasteiger charge is 2.01. The largest absolute Gasteiger partial charge is 0.491 e.